The quantitative estimate of drug-likeness (QED) is 0.743. The molecule has 1 aromatic rings. The van der Waals surface area contributed by atoms with Crippen LogP contribution in [0.25, 0.3) is 0 Å². The second-order valence-corrected chi connectivity index (χ2v) is 3.81. The number of halogens is 3. The van der Waals surface area contributed by atoms with Crippen molar-refractivity contribution in [3.63, 3.8) is 0 Å². The predicted molar refractivity (Wildman–Crippen MR) is 53.1 cm³/mol. The minimum Gasteiger partial charge on any atom is -0.369 e. The first-order valence-electron chi connectivity index (χ1n) is 5.21. The van der Waals surface area contributed by atoms with Crippen molar-refractivity contribution >= 4 is 5.69 Å². The molecule has 0 aromatic carbocycles. The van der Waals surface area contributed by atoms with E-state index in [4.69, 9.17) is 0 Å². The van der Waals surface area contributed by atoms with Gasteiger partial charge in [-0.15, -0.1) is 0 Å². The third kappa shape index (κ3) is 2.43. The van der Waals surface area contributed by atoms with Gasteiger partial charge < -0.3 is 4.90 Å². The molecule has 1 aliphatic heterocycles. The molecule has 2 heterocycles. The molecule has 0 N–H and O–H groups in total. The monoisotopic (exact) mass is 231 g/mol. The maximum absolute atomic E-state index is 12.2. The van der Waals surface area contributed by atoms with Gasteiger partial charge in [-0.3, -0.25) is 0 Å². The fraction of sp³-hybridized carbons (Fsp3) is 0.600. The molecule has 2 rings (SSSR count). The van der Waals surface area contributed by atoms with Gasteiger partial charge in [-0.05, 0) is 19.3 Å². The molecule has 1 saturated heterocycles. The highest BCUT2D eigenvalue weighted by atomic mass is 19.4. The maximum Gasteiger partial charge on any atom is 0.451 e. The smallest absolute Gasteiger partial charge is 0.369 e. The predicted octanol–water partition coefficient (Wildman–Crippen LogP) is 2.49. The van der Waals surface area contributed by atoms with Crippen LogP contribution in [-0.4, -0.2) is 23.1 Å². The van der Waals surface area contributed by atoms with Gasteiger partial charge in [0.05, 0.1) is 18.1 Å². The molecular weight excluding hydrogens is 219 g/mol. The van der Waals surface area contributed by atoms with Gasteiger partial charge in [0.2, 0.25) is 5.82 Å². The fourth-order valence-electron chi connectivity index (χ4n) is 1.78. The van der Waals surface area contributed by atoms with Crippen molar-refractivity contribution in [1.29, 1.82) is 0 Å². The molecule has 0 atom stereocenters. The molecule has 0 aliphatic carbocycles. The molecule has 0 spiro atoms. The number of hydrogen-bond donors (Lipinski definition) is 0. The number of anilines is 1. The highest BCUT2D eigenvalue weighted by molar-refractivity contribution is 5.42. The first-order chi connectivity index (χ1) is 7.57. The van der Waals surface area contributed by atoms with Crippen LogP contribution in [0.4, 0.5) is 18.9 Å². The summed E-state index contributed by atoms with van der Waals surface area (Å²) in [6, 6.07) is 0. The Morgan fingerprint density at radius 3 is 2.06 bits per heavy atom. The summed E-state index contributed by atoms with van der Waals surface area (Å²) in [6.07, 6.45) is 1.36. The van der Waals surface area contributed by atoms with E-state index in [-0.39, 0.29) is 0 Å². The standard InChI is InChI=1S/C10H12F3N3/c11-10(12,13)9-14-6-8(7-15-9)16-4-2-1-3-5-16/h6-7H,1-5H2. The lowest BCUT2D eigenvalue weighted by molar-refractivity contribution is -0.144. The minimum absolute atomic E-state index is 0.674. The van der Waals surface area contributed by atoms with E-state index in [1.54, 1.807) is 0 Å². The van der Waals surface area contributed by atoms with Crippen molar-refractivity contribution in [3.05, 3.63) is 18.2 Å². The van der Waals surface area contributed by atoms with Crippen LogP contribution in [0.3, 0.4) is 0 Å². The van der Waals surface area contributed by atoms with Gasteiger partial charge in [0.1, 0.15) is 0 Å². The number of rotatable bonds is 1. The Morgan fingerprint density at radius 2 is 1.56 bits per heavy atom. The second kappa shape index (κ2) is 4.27. The molecule has 1 aromatic heterocycles. The Balaban J connectivity index is 2.12. The molecule has 0 bridgehead atoms. The van der Waals surface area contributed by atoms with E-state index in [1.165, 1.54) is 18.8 Å². The van der Waals surface area contributed by atoms with E-state index >= 15 is 0 Å². The van der Waals surface area contributed by atoms with Crippen LogP contribution in [0.1, 0.15) is 25.1 Å². The van der Waals surface area contributed by atoms with Crippen molar-refractivity contribution in [2.75, 3.05) is 18.0 Å². The fourth-order valence-corrected chi connectivity index (χ4v) is 1.78. The first kappa shape index (κ1) is 11.2. The van der Waals surface area contributed by atoms with Crippen molar-refractivity contribution in [3.8, 4) is 0 Å². The molecule has 0 unspecified atom stereocenters. The summed E-state index contributed by atoms with van der Waals surface area (Å²) in [4.78, 5) is 8.71. The van der Waals surface area contributed by atoms with Gasteiger partial charge in [0, 0.05) is 13.1 Å². The maximum atomic E-state index is 12.2. The molecule has 0 saturated carbocycles. The van der Waals surface area contributed by atoms with E-state index < -0.39 is 12.0 Å². The number of nitrogens with zero attached hydrogens (tertiary/aromatic N) is 3. The van der Waals surface area contributed by atoms with Crippen LogP contribution in [0.2, 0.25) is 0 Å². The van der Waals surface area contributed by atoms with Gasteiger partial charge >= 0.3 is 6.18 Å². The summed E-state index contributed by atoms with van der Waals surface area (Å²) >= 11 is 0. The third-order valence-electron chi connectivity index (χ3n) is 2.61. The molecule has 1 fully saturated rings. The zero-order valence-corrected chi connectivity index (χ0v) is 8.67. The largest absolute Gasteiger partial charge is 0.451 e. The zero-order valence-electron chi connectivity index (χ0n) is 8.67. The van der Waals surface area contributed by atoms with Crippen LogP contribution < -0.4 is 4.90 Å². The average Bonchev–Trinajstić information content (AvgIpc) is 2.29. The van der Waals surface area contributed by atoms with Crippen LogP contribution in [0.15, 0.2) is 12.4 Å². The van der Waals surface area contributed by atoms with E-state index in [1.807, 2.05) is 4.90 Å². The van der Waals surface area contributed by atoms with Gasteiger partial charge in [0.15, 0.2) is 0 Å². The van der Waals surface area contributed by atoms with Crippen LogP contribution in [0, 0.1) is 0 Å². The zero-order chi connectivity index (χ0) is 11.6. The molecule has 88 valence electrons. The van der Waals surface area contributed by atoms with Crippen LogP contribution in [0.5, 0.6) is 0 Å². The highest BCUT2D eigenvalue weighted by Gasteiger charge is 2.34. The van der Waals surface area contributed by atoms with Gasteiger partial charge in [0.25, 0.3) is 0 Å². The Hall–Kier alpha value is -1.33. The second-order valence-electron chi connectivity index (χ2n) is 3.81. The topological polar surface area (TPSA) is 29.0 Å². The van der Waals surface area contributed by atoms with Crippen LogP contribution >= 0.6 is 0 Å². The number of alkyl halides is 3. The summed E-state index contributed by atoms with van der Waals surface area (Å²) < 4.78 is 36.7. The molecule has 0 amide bonds. The van der Waals surface area contributed by atoms with Gasteiger partial charge in [-0.2, -0.15) is 13.2 Å². The summed E-state index contributed by atoms with van der Waals surface area (Å²) in [6.45, 7) is 1.74. The number of aromatic nitrogens is 2. The van der Waals surface area contributed by atoms with Crippen molar-refractivity contribution in [2.45, 2.75) is 25.4 Å². The van der Waals surface area contributed by atoms with Crippen LogP contribution in [-0.2, 0) is 6.18 Å². The van der Waals surface area contributed by atoms with E-state index in [0.29, 0.717) is 5.69 Å². The Bertz CT molecular complexity index is 341. The Morgan fingerprint density at radius 1 is 1.00 bits per heavy atom. The Labute approximate surface area is 91.3 Å². The number of piperidine rings is 1. The lowest BCUT2D eigenvalue weighted by Crippen LogP contribution is -2.29. The highest BCUT2D eigenvalue weighted by Crippen LogP contribution is 2.26. The molecule has 3 nitrogen and oxygen atoms in total. The summed E-state index contributed by atoms with van der Waals surface area (Å²) in [5, 5.41) is 0. The molecule has 1 aliphatic rings. The van der Waals surface area contributed by atoms with Crippen molar-refractivity contribution in [1.82, 2.24) is 9.97 Å². The lowest BCUT2D eigenvalue weighted by atomic mass is 10.1. The normalized spacial score (nSPS) is 17.6. The average molecular weight is 231 g/mol. The van der Waals surface area contributed by atoms with Crippen molar-refractivity contribution in [2.24, 2.45) is 0 Å². The molecule has 0 radical (unpaired) electrons. The van der Waals surface area contributed by atoms with E-state index in [0.717, 1.165) is 25.9 Å². The minimum atomic E-state index is -4.46. The SMILES string of the molecule is FC(F)(F)c1ncc(N2CCCCC2)cn1. The summed E-state index contributed by atoms with van der Waals surface area (Å²) in [5.41, 5.74) is 0.674. The number of hydrogen-bond acceptors (Lipinski definition) is 3. The van der Waals surface area contributed by atoms with Gasteiger partial charge in [-0.1, -0.05) is 0 Å². The molecule has 16 heavy (non-hydrogen) atoms. The van der Waals surface area contributed by atoms with E-state index in [2.05, 4.69) is 9.97 Å². The Kier molecular flexibility index (Phi) is 2.98. The first-order valence-corrected chi connectivity index (χ1v) is 5.21. The van der Waals surface area contributed by atoms with Gasteiger partial charge in [-0.25, -0.2) is 9.97 Å². The van der Waals surface area contributed by atoms with E-state index in [9.17, 15) is 13.2 Å². The third-order valence-corrected chi connectivity index (χ3v) is 2.61. The summed E-state index contributed by atoms with van der Waals surface area (Å²) in [7, 11) is 0. The molecule has 6 heteroatoms. The molecular formula is C10H12F3N3. The summed E-state index contributed by atoms with van der Waals surface area (Å²) in [5.74, 6) is -1.08. The van der Waals surface area contributed by atoms with Crippen molar-refractivity contribution < 1.29 is 13.2 Å². The lowest BCUT2D eigenvalue weighted by Gasteiger charge is -2.28.